The van der Waals surface area contributed by atoms with E-state index < -0.39 is 0 Å². The largest absolute Gasteiger partial charge is 0.305 e. The molecule has 108 valence electrons. The topological polar surface area (TPSA) is 55.6 Å². The van der Waals surface area contributed by atoms with E-state index in [1.165, 1.54) is 6.07 Å². The Morgan fingerprint density at radius 3 is 2.70 bits per heavy atom. The maximum Gasteiger partial charge on any atom is 0.170 e. The average Bonchev–Trinajstić information content (AvgIpc) is 2.78. The molecule has 0 saturated carbocycles. The Bertz CT molecular complexity index is 618. The van der Waals surface area contributed by atoms with Crippen LogP contribution in [0.1, 0.15) is 32.2 Å². The number of halogens is 2. The number of nitrogens with one attached hydrogen (secondary N) is 1. The zero-order valence-corrected chi connectivity index (χ0v) is 13.5. The number of aryl methyl sites for hydroxylation is 1. The van der Waals surface area contributed by atoms with Gasteiger partial charge >= 0.3 is 0 Å². The summed E-state index contributed by atoms with van der Waals surface area (Å²) in [7, 11) is 0. The van der Waals surface area contributed by atoms with Gasteiger partial charge in [0.05, 0.1) is 16.7 Å². The van der Waals surface area contributed by atoms with E-state index >= 15 is 0 Å². The lowest BCUT2D eigenvalue weighted by atomic mass is 10.1. The third-order valence-electron chi connectivity index (χ3n) is 2.78. The first-order valence-corrected chi connectivity index (χ1v) is 7.05. The molecule has 0 spiro atoms. The van der Waals surface area contributed by atoms with Crippen molar-refractivity contribution in [3.05, 3.63) is 33.8 Å². The molecule has 0 unspecified atom stereocenters. The fourth-order valence-electron chi connectivity index (χ4n) is 1.71. The first-order chi connectivity index (χ1) is 9.28. The molecule has 1 aromatic carbocycles. The standard InChI is InChI=1S/C13H17BrFN5/c1-8-5-10(15)9(14)6-11(8)20-12(17-18-19-20)7-16-13(2,3)4/h5-6,16H,7H2,1-4H3. The molecule has 1 heterocycles. The second-order valence-electron chi connectivity index (χ2n) is 5.66. The molecule has 0 radical (unpaired) electrons. The van der Waals surface area contributed by atoms with Gasteiger partial charge in [-0.3, -0.25) is 0 Å². The lowest BCUT2D eigenvalue weighted by Crippen LogP contribution is -2.36. The minimum atomic E-state index is -0.298. The van der Waals surface area contributed by atoms with Crippen LogP contribution < -0.4 is 5.32 Å². The zero-order valence-electron chi connectivity index (χ0n) is 11.9. The molecule has 0 bridgehead atoms. The highest BCUT2D eigenvalue weighted by Gasteiger charge is 2.15. The van der Waals surface area contributed by atoms with Crippen molar-refractivity contribution in [1.82, 2.24) is 25.5 Å². The lowest BCUT2D eigenvalue weighted by Gasteiger charge is -2.20. The van der Waals surface area contributed by atoms with Crippen molar-refractivity contribution in [2.45, 2.75) is 39.8 Å². The molecular formula is C13H17BrFN5. The van der Waals surface area contributed by atoms with Crippen LogP contribution in [0.3, 0.4) is 0 Å². The summed E-state index contributed by atoms with van der Waals surface area (Å²) in [5.74, 6) is 0.384. The Balaban J connectivity index is 2.35. The Labute approximate surface area is 125 Å². The normalized spacial score (nSPS) is 11.9. The molecule has 2 aromatic rings. The molecule has 1 N–H and O–H groups in total. The Morgan fingerprint density at radius 2 is 2.05 bits per heavy atom. The Hall–Kier alpha value is -1.34. The fraction of sp³-hybridized carbons (Fsp3) is 0.462. The molecule has 7 heteroatoms. The summed E-state index contributed by atoms with van der Waals surface area (Å²) in [6.45, 7) is 8.57. The van der Waals surface area contributed by atoms with Crippen molar-refractivity contribution in [1.29, 1.82) is 0 Å². The van der Waals surface area contributed by atoms with Crippen molar-refractivity contribution in [3.63, 3.8) is 0 Å². The number of hydrogen-bond acceptors (Lipinski definition) is 4. The lowest BCUT2D eigenvalue weighted by molar-refractivity contribution is 0.415. The van der Waals surface area contributed by atoms with Gasteiger partial charge in [0, 0.05) is 5.54 Å². The van der Waals surface area contributed by atoms with Crippen LogP contribution in [0, 0.1) is 12.7 Å². The van der Waals surface area contributed by atoms with Gasteiger partial charge in [-0.05, 0) is 71.7 Å². The average molecular weight is 342 g/mol. The van der Waals surface area contributed by atoms with Gasteiger partial charge in [0.1, 0.15) is 5.82 Å². The van der Waals surface area contributed by atoms with E-state index in [1.807, 2.05) is 6.92 Å². The molecular weight excluding hydrogens is 325 g/mol. The third kappa shape index (κ3) is 3.40. The van der Waals surface area contributed by atoms with Crippen LogP contribution in [0.15, 0.2) is 16.6 Å². The van der Waals surface area contributed by atoms with Crippen molar-refractivity contribution in [2.75, 3.05) is 0 Å². The molecule has 0 aliphatic heterocycles. The Morgan fingerprint density at radius 1 is 1.35 bits per heavy atom. The molecule has 20 heavy (non-hydrogen) atoms. The summed E-state index contributed by atoms with van der Waals surface area (Å²) in [6, 6.07) is 3.14. The predicted molar refractivity (Wildman–Crippen MR) is 78.1 cm³/mol. The van der Waals surface area contributed by atoms with Crippen LogP contribution in [-0.4, -0.2) is 25.7 Å². The summed E-state index contributed by atoms with van der Waals surface area (Å²) >= 11 is 3.19. The van der Waals surface area contributed by atoms with Gasteiger partial charge in [-0.1, -0.05) is 0 Å². The molecule has 0 fully saturated rings. The molecule has 2 rings (SSSR count). The number of hydrogen-bond donors (Lipinski definition) is 1. The van der Waals surface area contributed by atoms with Crippen LogP contribution in [-0.2, 0) is 6.54 Å². The summed E-state index contributed by atoms with van der Waals surface area (Å²) in [5.41, 5.74) is 1.50. The maximum absolute atomic E-state index is 13.5. The van der Waals surface area contributed by atoms with Crippen molar-refractivity contribution in [3.8, 4) is 5.69 Å². The van der Waals surface area contributed by atoms with Crippen molar-refractivity contribution in [2.24, 2.45) is 0 Å². The van der Waals surface area contributed by atoms with Gasteiger partial charge < -0.3 is 5.32 Å². The van der Waals surface area contributed by atoms with Gasteiger partial charge in [0.2, 0.25) is 0 Å². The minimum Gasteiger partial charge on any atom is -0.305 e. The number of benzene rings is 1. The molecule has 0 saturated heterocycles. The molecule has 0 atom stereocenters. The van der Waals surface area contributed by atoms with Gasteiger partial charge in [0.25, 0.3) is 0 Å². The molecule has 5 nitrogen and oxygen atoms in total. The van der Waals surface area contributed by atoms with Crippen LogP contribution in [0.2, 0.25) is 0 Å². The number of tetrazole rings is 1. The van der Waals surface area contributed by atoms with E-state index in [9.17, 15) is 4.39 Å². The molecule has 0 aliphatic rings. The van der Waals surface area contributed by atoms with Gasteiger partial charge in [0.15, 0.2) is 5.82 Å². The van der Waals surface area contributed by atoms with Crippen molar-refractivity contribution < 1.29 is 4.39 Å². The fourth-order valence-corrected chi connectivity index (χ4v) is 2.04. The van der Waals surface area contributed by atoms with E-state index in [1.54, 1.807) is 10.7 Å². The smallest absolute Gasteiger partial charge is 0.170 e. The number of nitrogens with zero attached hydrogens (tertiary/aromatic N) is 4. The second-order valence-corrected chi connectivity index (χ2v) is 6.52. The third-order valence-corrected chi connectivity index (χ3v) is 3.39. The summed E-state index contributed by atoms with van der Waals surface area (Å²) < 4.78 is 15.5. The minimum absolute atomic E-state index is 0.0325. The molecule has 1 aromatic heterocycles. The number of aromatic nitrogens is 4. The monoisotopic (exact) mass is 341 g/mol. The molecule has 0 amide bonds. The summed E-state index contributed by atoms with van der Waals surface area (Å²) in [4.78, 5) is 0. The summed E-state index contributed by atoms with van der Waals surface area (Å²) in [5, 5.41) is 15.0. The first-order valence-electron chi connectivity index (χ1n) is 6.26. The van der Waals surface area contributed by atoms with Crippen LogP contribution in [0.25, 0.3) is 5.69 Å². The van der Waals surface area contributed by atoms with E-state index in [2.05, 4.69) is 57.5 Å². The maximum atomic E-state index is 13.5. The van der Waals surface area contributed by atoms with E-state index in [4.69, 9.17) is 0 Å². The van der Waals surface area contributed by atoms with Gasteiger partial charge in [-0.2, -0.15) is 4.68 Å². The number of rotatable bonds is 3. The van der Waals surface area contributed by atoms with Gasteiger partial charge in [-0.15, -0.1) is 5.10 Å². The predicted octanol–water partition coefficient (Wildman–Crippen LogP) is 2.76. The van der Waals surface area contributed by atoms with Crippen LogP contribution >= 0.6 is 15.9 Å². The molecule has 0 aliphatic carbocycles. The Kier molecular flexibility index (Phi) is 4.19. The summed E-state index contributed by atoms with van der Waals surface area (Å²) in [6.07, 6.45) is 0. The highest BCUT2D eigenvalue weighted by Crippen LogP contribution is 2.23. The SMILES string of the molecule is Cc1cc(F)c(Br)cc1-n1nnnc1CNC(C)(C)C. The van der Waals surface area contributed by atoms with E-state index in [0.29, 0.717) is 16.8 Å². The highest BCUT2D eigenvalue weighted by atomic mass is 79.9. The van der Waals surface area contributed by atoms with Crippen LogP contribution in [0.4, 0.5) is 4.39 Å². The van der Waals surface area contributed by atoms with Crippen LogP contribution in [0.5, 0.6) is 0 Å². The quantitative estimate of drug-likeness (QED) is 0.932. The first kappa shape index (κ1) is 15.1. The van der Waals surface area contributed by atoms with Gasteiger partial charge in [-0.25, -0.2) is 4.39 Å². The van der Waals surface area contributed by atoms with E-state index in [-0.39, 0.29) is 11.4 Å². The van der Waals surface area contributed by atoms with Crippen molar-refractivity contribution >= 4 is 15.9 Å². The van der Waals surface area contributed by atoms with E-state index in [0.717, 1.165) is 11.3 Å². The highest BCUT2D eigenvalue weighted by molar-refractivity contribution is 9.10. The zero-order chi connectivity index (χ0) is 14.9. The second kappa shape index (κ2) is 5.57.